The van der Waals surface area contributed by atoms with E-state index in [4.69, 9.17) is 0 Å². The van der Waals surface area contributed by atoms with Crippen molar-refractivity contribution < 1.29 is 0 Å². The van der Waals surface area contributed by atoms with Crippen LogP contribution in [0.3, 0.4) is 0 Å². The van der Waals surface area contributed by atoms with Gasteiger partial charge in [-0.1, -0.05) is 27.2 Å². The van der Waals surface area contributed by atoms with E-state index in [0.29, 0.717) is 16.2 Å². The lowest BCUT2D eigenvalue weighted by Gasteiger charge is -2.65. The number of rotatable bonds is 2. The molecule has 138 valence electrons. The first-order valence-electron chi connectivity index (χ1n) is 10.8. The topological polar surface area (TPSA) is 30.7 Å². The molecule has 0 N–H and O–H groups in total. The highest BCUT2D eigenvalue weighted by Crippen LogP contribution is 2.69. The Balaban J connectivity index is 1.45. The molecule has 0 aromatic carbocycles. The van der Waals surface area contributed by atoms with Crippen molar-refractivity contribution in [1.82, 2.24) is 14.8 Å². The van der Waals surface area contributed by atoms with Crippen molar-refractivity contribution in [3.63, 3.8) is 0 Å². The maximum Gasteiger partial charge on any atom is 0.133 e. The molecule has 0 saturated heterocycles. The molecule has 0 spiro atoms. The number of aryl methyl sites for hydroxylation is 1. The average Bonchev–Trinajstić information content (AvgIpc) is 2.72. The highest BCUT2D eigenvalue weighted by atomic mass is 15.3. The molecule has 5 rings (SSSR count). The van der Waals surface area contributed by atoms with Gasteiger partial charge in [0, 0.05) is 19.4 Å². The SMILES string of the molecule is CC12CCC3C(Cc4nnc5n4CCCCC5)CC(C)(C1)CC3(C)C2. The van der Waals surface area contributed by atoms with E-state index in [-0.39, 0.29) is 0 Å². The standard InChI is InChI=1S/C22H35N3/c1-20-9-8-17-16(12-21(2,13-20)15-22(17,3)14-20)11-19-24-23-18-7-5-4-6-10-25(18)19/h16-17H,4-15H2,1-3H3. The van der Waals surface area contributed by atoms with Gasteiger partial charge in [-0.05, 0) is 79.4 Å². The molecule has 4 aliphatic rings. The summed E-state index contributed by atoms with van der Waals surface area (Å²) >= 11 is 0. The second kappa shape index (κ2) is 5.33. The van der Waals surface area contributed by atoms with E-state index in [9.17, 15) is 0 Å². The summed E-state index contributed by atoms with van der Waals surface area (Å²) in [5.74, 6) is 4.30. The van der Waals surface area contributed by atoms with Crippen LogP contribution in [-0.2, 0) is 19.4 Å². The first-order valence-corrected chi connectivity index (χ1v) is 10.8. The fourth-order valence-corrected chi connectivity index (χ4v) is 8.33. The first kappa shape index (κ1) is 16.3. The van der Waals surface area contributed by atoms with Gasteiger partial charge in [-0.2, -0.15) is 0 Å². The zero-order chi connectivity index (χ0) is 17.3. The van der Waals surface area contributed by atoms with Crippen molar-refractivity contribution in [3.8, 4) is 0 Å². The molecule has 25 heavy (non-hydrogen) atoms. The van der Waals surface area contributed by atoms with Crippen LogP contribution in [0.4, 0.5) is 0 Å². The predicted molar refractivity (Wildman–Crippen MR) is 100 cm³/mol. The minimum atomic E-state index is 0.560. The fraction of sp³-hybridized carbons (Fsp3) is 0.909. The average molecular weight is 342 g/mol. The van der Waals surface area contributed by atoms with Gasteiger partial charge in [-0.3, -0.25) is 0 Å². The second-order valence-corrected chi connectivity index (χ2v) is 11.1. The summed E-state index contributed by atoms with van der Waals surface area (Å²) in [4.78, 5) is 0. The van der Waals surface area contributed by atoms with E-state index in [1.165, 1.54) is 75.9 Å². The summed E-state index contributed by atoms with van der Waals surface area (Å²) < 4.78 is 2.50. The van der Waals surface area contributed by atoms with E-state index in [0.717, 1.165) is 24.8 Å². The molecular weight excluding hydrogens is 306 g/mol. The van der Waals surface area contributed by atoms with E-state index in [1.807, 2.05) is 0 Å². The molecule has 1 aliphatic heterocycles. The van der Waals surface area contributed by atoms with Gasteiger partial charge in [0.2, 0.25) is 0 Å². The Hall–Kier alpha value is -0.860. The van der Waals surface area contributed by atoms with Gasteiger partial charge in [0.05, 0.1) is 0 Å². The van der Waals surface area contributed by atoms with Gasteiger partial charge < -0.3 is 4.57 Å². The number of nitrogens with zero attached hydrogens (tertiary/aromatic N) is 3. The molecule has 3 bridgehead atoms. The maximum absolute atomic E-state index is 4.68. The van der Waals surface area contributed by atoms with Crippen molar-refractivity contribution in [2.75, 3.05) is 0 Å². The molecule has 5 atom stereocenters. The molecule has 3 saturated carbocycles. The third kappa shape index (κ3) is 2.59. The van der Waals surface area contributed by atoms with Gasteiger partial charge in [0.25, 0.3) is 0 Å². The van der Waals surface area contributed by atoms with Crippen LogP contribution in [0.1, 0.15) is 90.2 Å². The molecule has 3 fully saturated rings. The van der Waals surface area contributed by atoms with Gasteiger partial charge in [0.1, 0.15) is 11.6 Å². The zero-order valence-corrected chi connectivity index (χ0v) is 16.5. The quantitative estimate of drug-likeness (QED) is 0.742. The summed E-state index contributed by atoms with van der Waals surface area (Å²) in [5.41, 5.74) is 1.75. The van der Waals surface area contributed by atoms with E-state index in [2.05, 4.69) is 35.5 Å². The van der Waals surface area contributed by atoms with Gasteiger partial charge in [-0.25, -0.2) is 0 Å². The molecule has 0 radical (unpaired) electrons. The minimum Gasteiger partial charge on any atom is -0.315 e. The number of aromatic nitrogens is 3. The van der Waals surface area contributed by atoms with Crippen LogP contribution in [0.5, 0.6) is 0 Å². The van der Waals surface area contributed by atoms with Crippen LogP contribution >= 0.6 is 0 Å². The minimum absolute atomic E-state index is 0.560. The molecule has 3 aliphatic carbocycles. The van der Waals surface area contributed by atoms with Gasteiger partial charge in [0.15, 0.2) is 0 Å². The van der Waals surface area contributed by atoms with Crippen LogP contribution in [0.15, 0.2) is 0 Å². The Bertz CT molecular complexity index is 667. The Morgan fingerprint density at radius 2 is 1.84 bits per heavy atom. The fourth-order valence-electron chi connectivity index (χ4n) is 8.33. The third-order valence-corrected chi connectivity index (χ3v) is 8.42. The largest absolute Gasteiger partial charge is 0.315 e. The Morgan fingerprint density at radius 1 is 1.00 bits per heavy atom. The van der Waals surface area contributed by atoms with Crippen molar-refractivity contribution in [1.29, 1.82) is 0 Å². The third-order valence-electron chi connectivity index (χ3n) is 8.42. The lowest BCUT2D eigenvalue weighted by atomic mass is 9.39. The van der Waals surface area contributed by atoms with Crippen LogP contribution in [0, 0.1) is 28.1 Å². The van der Waals surface area contributed by atoms with Crippen LogP contribution < -0.4 is 0 Å². The molecule has 0 amide bonds. The van der Waals surface area contributed by atoms with E-state index >= 15 is 0 Å². The molecule has 1 aromatic heterocycles. The van der Waals surface area contributed by atoms with E-state index < -0.39 is 0 Å². The summed E-state index contributed by atoms with van der Waals surface area (Å²) in [6, 6.07) is 0. The molecule has 2 heterocycles. The smallest absolute Gasteiger partial charge is 0.133 e. The van der Waals surface area contributed by atoms with Crippen LogP contribution in [0.2, 0.25) is 0 Å². The molecule has 5 unspecified atom stereocenters. The van der Waals surface area contributed by atoms with Crippen LogP contribution in [0.25, 0.3) is 0 Å². The maximum atomic E-state index is 4.68. The first-order chi connectivity index (χ1) is 11.9. The summed E-state index contributed by atoms with van der Waals surface area (Å²) in [5, 5.41) is 9.25. The van der Waals surface area contributed by atoms with Gasteiger partial charge >= 0.3 is 0 Å². The monoisotopic (exact) mass is 341 g/mol. The number of hydrogen-bond donors (Lipinski definition) is 0. The number of fused-ring (bicyclic) bond motifs is 3. The molecule has 3 nitrogen and oxygen atoms in total. The molecule has 1 aromatic rings. The normalized spacial score (nSPS) is 45.9. The summed E-state index contributed by atoms with van der Waals surface area (Å²) in [6.45, 7) is 8.96. The highest BCUT2D eigenvalue weighted by molar-refractivity contribution is 5.12. The lowest BCUT2D eigenvalue weighted by Crippen LogP contribution is -2.56. The predicted octanol–water partition coefficient (Wildman–Crippen LogP) is 5.18. The molecular formula is C22H35N3. The zero-order valence-electron chi connectivity index (χ0n) is 16.5. The Kier molecular flexibility index (Phi) is 3.48. The summed E-state index contributed by atoms with van der Waals surface area (Å²) in [6.07, 6.45) is 15.0. The van der Waals surface area contributed by atoms with Gasteiger partial charge in [-0.15, -0.1) is 10.2 Å². The Morgan fingerprint density at radius 3 is 2.72 bits per heavy atom. The van der Waals surface area contributed by atoms with Crippen molar-refractivity contribution in [2.45, 2.75) is 97.9 Å². The van der Waals surface area contributed by atoms with E-state index in [1.54, 1.807) is 0 Å². The Labute approximate surface area is 153 Å². The van der Waals surface area contributed by atoms with Crippen molar-refractivity contribution in [3.05, 3.63) is 11.6 Å². The highest BCUT2D eigenvalue weighted by Gasteiger charge is 2.60. The lowest BCUT2D eigenvalue weighted by molar-refractivity contribution is -0.153. The molecule has 3 heteroatoms. The second-order valence-electron chi connectivity index (χ2n) is 11.1. The summed E-state index contributed by atoms with van der Waals surface area (Å²) in [7, 11) is 0. The van der Waals surface area contributed by atoms with Crippen molar-refractivity contribution in [2.24, 2.45) is 28.1 Å². The van der Waals surface area contributed by atoms with Crippen molar-refractivity contribution >= 4 is 0 Å². The number of hydrogen-bond acceptors (Lipinski definition) is 2. The van der Waals surface area contributed by atoms with Crippen LogP contribution in [-0.4, -0.2) is 14.8 Å².